The van der Waals surface area contributed by atoms with Crippen LogP contribution >= 0.6 is 0 Å². The molecule has 1 aliphatic carbocycles. The molecule has 4 heteroatoms. The zero-order chi connectivity index (χ0) is 18.9. The first kappa shape index (κ1) is 20.2. The van der Waals surface area contributed by atoms with Gasteiger partial charge >= 0.3 is 0 Å². The standard InChI is InChI=1S/C22H32N2O2/c1-16(13-14-21(25)24-20-12-8-7-11-19(20)23)15-17(2)22(26-3)18-9-5-4-6-10-18/h7-8,11-15,17-18,22H,4-6,9-10,23H2,1-3H3,(H,24,25). The Morgan fingerprint density at radius 3 is 2.58 bits per heavy atom. The van der Waals surface area contributed by atoms with Crippen LogP contribution in [-0.4, -0.2) is 19.1 Å². The molecule has 4 nitrogen and oxygen atoms in total. The Morgan fingerprint density at radius 2 is 1.92 bits per heavy atom. The number of allylic oxidation sites excluding steroid dienone is 2. The minimum absolute atomic E-state index is 0.182. The van der Waals surface area contributed by atoms with E-state index in [-0.39, 0.29) is 12.0 Å². The zero-order valence-corrected chi connectivity index (χ0v) is 16.2. The predicted molar refractivity (Wildman–Crippen MR) is 109 cm³/mol. The topological polar surface area (TPSA) is 64.3 Å². The van der Waals surface area contributed by atoms with E-state index in [0.717, 1.165) is 5.57 Å². The summed E-state index contributed by atoms with van der Waals surface area (Å²) >= 11 is 0. The maximum Gasteiger partial charge on any atom is 0.248 e. The van der Waals surface area contributed by atoms with Gasteiger partial charge in [0.2, 0.25) is 5.91 Å². The van der Waals surface area contributed by atoms with Gasteiger partial charge in [-0.25, -0.2) is 0 Å². The molecule has 0 heterocycles. The lowest BCUT2D eigenvalue weighted by atomic mass is 9.80. The monoisotopic (exact) mass is 356 g/mol. The first-order chi connectivity index (χ1) is 12.5. The molecule has 3 N–H and O–H groups in total. The second kappa shape index (κ2) is 10.2. The number of nitrogens with two attached hydrogens (primary N) is 1. The lowest BCUT2D eigenvalue weighted by Gasteiger charge is -2.32. The molecule has 2 atom stereocenters. The molecule has 1 saturated carbocycles. The van der Waals surface area contributed by atoms with Crippen molar-refractivity contribution in [2.24, 2.45) is 11.8 Å². The van der Waals surface area contributed by atoms with Crippen molar-refractivity contribution < 1.29 is 9.53 Å². The summed E-state index contributed by atoms with van der Waals surface area (Å²) in [7, 11) is 1.81. The molecule has 1 fully saturated rings. The fourth-order valence-electron chi connectivity index (χ4n) is 3.86. The molecular formula is C22H32N2O2. The number of rotatable bonds is 7. The molecule has 2 unspecified atom stereocenters. The molecule has 26 heavy (non-hydrogen) atoms. The summed E-state index contributed by atoms with van der Waals surface area (Å²) in [5.41, 5.74) is 8.10. The van der Waals surface area contributed by atoms with Crippen LogP contribution < -0.4 is 11.1 Å². The quantitative estimate of drug-likeness (QED) is 0.413. The fourth-order valence-corrected chi connectivity index (χ4v) is 3.86. The van der Waals surface area contributed by atoms with Gasteiger partial charge < -0.3 is 15.8 Å². The van der Waals surface area contributed by atoms with E-state index in [1.54, 1.807) is 18.2 Å². The van der Waals surface area contributed by atoms with Crippen molar-refractivity contribution in [1.82, 2.24) is 0 Å². The molecule has 1 aromatic rings. The number of amides is 1. The number of ether oxygens (including phenoxy) is 1. The largest absolute Gasteiger partial charge is 0.397 e. The number of hydrogen-bond donors (Lipinski definition) is 2. The van der Waals surface area contributed by atoms with Crippen molar-refractivity contribution in [1.29, 1.82) is 0 Å². The summed E-state index contributed by atoms with van der Waals surface area (Å²) in [5, 5.41) is 2.80. The van der Waals surface area contributed by atoms with Gasteiger partial charge in [0.05, 0.1) is 17.5 Å². The highest BCUT2D eigenvalue weighted by Crippen LogP contribution is 2.32. The van der Waals surface area contributed by atoms with Crippen molar-refractivity contribution in [2.45, 2.75) is 52.1 Å². The van der Waals surface area contributed by atoms with Crippen LogP contribution in [0.25, 0.3) is 0 Å². The SMILES string of the molecule is COC(C(C)C=C(C)C=CC(=O)Nc1ccccc1N)C1CCCCC1. The maximum atomic E-state index is 12.1. The first-order valence-electron chi connectivity index (χ1n) is 9.56. The summed E-state index contributed by atoms with van der Waals surface area (Å²) in [4.78, 5) is 12.1. The fraction of sp³-hybridized carbons (Fsp3) is 0.500. The van der Waals surface area contributed by atoms with E-state index in [2.05, 4.69) is 18.3 Å². The second-order valence-electron chi connectivity index (χ2n) is 7.28. The molecule has 0 aliphatic heterocycles. The third-order valence-corrected chi connectivity index (χ3v) is 5.15. The summed E-state index contributed by atoms with van der Waals surface area (Å²) in [6, 6.07) is 7.24. The number of nitrogens with one attached hydrogen (secondary N) is 1. The summed E-state index contributed by atoms with van der Waals surface area (Å²) in [6.07, 6.45) is 12.3. The van der Waals surface area contributed by atoms with Crippen molar-refractivity contribution in [3.8, 4) is 0 Å². The normalized spacial score (nSPS) is 18.7. The van der Waals surface area contributed by atoms with Crippen LogP contribution in [0, 0.1) is 11.8 Å². The Balaban J connectivity index is 1.93. The van der Waals surface area contributed by atoms with Crippen molar-refractivity contribution >= 4 is 17.3 Å². The lowest BCUT2D eigenvalue weighted by Crippen LogP contribution is -2.30. The highest BCUT2D eigenvalue weighted by atomic mass is 16.5. The molecule has 1 aliphatic rings. The molecular weight excluding hydrogens is 324 g/mol. The maximum absolute atomic E-state index is 12.1. The van der Waals surface area contributed by atoms with Crippen molar-refractivity contribution in [3.05, 3.63) is 48.1 Å². The molecule has 0 radical (unpaired) electrons. The number of para-hydroxylation sites is 2. The minimum Gasteiger partial charge on any atom is -0.397 e. The van der Waals surface area contributed by atoms with E-state index in [4.69, 9.17) is 10.5 Å². The average molecular weight is 357 g/mol. The highest BCUT2D eigenvalue weighted by Gasteiger charge is 2.26. The average Bonchev–Trinajstić information content (AvgIpc) is 2.63. The van der Waals surface area contributed by atoms with Crippen LogP contribution in [0.4, 0.5) is 11.4 Å². The van der Waals surface area contributed by atoms with Gasteiger partial charge in [0.15, 0.2) is 0 Å². The van der Waals surface area contributed by atoms with E-state index in [1.165, 1.54) is 32.1 Å². The molecule has 1 amide bonds. The van der Waals surface area contributed by atoms with E-state index in [9.17, 15) is 4.79 Å². The number of nitrogen functional groups attached to an aromatic ring is 1. The van der Waals surface area contributed by atoms with Crippen LogP contribution in [0.3, 0.4) is 0 Å². The zero-order valence-electron chi connectivity index (χ0n) is 16.2. The van der Waals surface area contributed by atoms with Gasteiger partial charge in [0.1, 0.15) is 0 Å². The molecule has 0 saturated heterocycles. The Bertz CT molecular complexity index is 645. The molecule has 0 spiro atoms. The Hall–Kier alpha value is -2.07. The number of hydrogen-bond acceptors (Lipinski definition) is 3. The smallest absolute Gasteiger partial charge is 0.248 e. The summed E-state index contributed by atoms with van der Waals surface area (Å²) in [5.74, 6) is 0.778. The Kier molecular flexibility index (Phi) is 7.92. The summed E-state index contributed by atoms with van der Waals surface area (Å²) < 4.78 is 5.81. The van der Waals surface area contributed by atoms with Crippen LogP contribution in [0.5, 0.6) is 0 Å². The second-order valence-corrected chi connectivity index (χ2v) is 7.28. The number of anilines is 2. The van der Waals surface area contributed by atoms with Crippen LogP contribution in [0.15, 0.2) is 48.1 Å². The van der Waals surface area contributed by atoms with E-state index < -0.39 is 0 Å². The third kappa shape index (κ3) is 6.03. The van der Waals surface area contributed by atoms with Gasteiger partial charge in [-0.1, -0.05) is 56.0 Å². The molecule has 0 bridgehead atoms. The lowest BCUT2D eigenvalue weighted by molar-refractivity contribution is -0.111. The molecule has 0 aromatic heterocycles. The number of carbonyl (C=O) groups is 1. The van der Waals surface area contributed by atoms with Crippen LogP contribution in [0.1, 0.15) is 46.0 Å². The minimum atomic E-state index is -0.182. The van der Waals surface area contributed by atoms with Gasteiger partial charge in [-0.3, -0.25) is 4.79 Å². The highest BCUT2D eigenvalue weighted by molar-refractivity contribution is 6.01. The van der Waals surface area contributed by atoms with Crippen LogP contribution in [-0.2, 0) is 9.53 Å². The van der Waals surface area contributed by atoms with E-state index in [1.807, 2.05) is 32.2 Å². The van der Waals surface area contributed by atoms with E-state index >= 15 is 0 Å². The van der Waals surface area contributed by atoms with Gasteiger partial charge in [0.25, 0.3) is 0 Å². The molecule has 142 valence electrons. The molecule has 2 rings (SSSR count). The Labute approximate surface area is 157 Å². The van der Waals surface area contributed by atoms with Crippen LogP contribution in [0.2, 0.25) is 0 Å². The Morgan fingerprint density at radius 1 is 1.23 bits per heavy atom. The van der Waals surface area contributed by atoms with Gasteiger partial charge in [-0.05, 0) is 37.8 Å². The van der Waals surface area contributed by atoms with Crippen molar-refractivity contribution in [3.63, 3.8) is 0 Å². The molecule has 1 aromatic carbocycles. The van der Waals surface area contributed by atoms with Gasteiger partial charge in [0, 0.05) is 19.1 Å². The van der Waals surface area contributed by atoms with Crippen molar-refractivity contribution in [2.75, 3.05) is 18.2 Å². The number of carbonyl (C=O) groups excluding carboxylic acids is 1. The first-order valence-corrected chi connectivity index (χ1v) is 9.56. The number of methoxy groups -OCH3 is 1. The third-order valence-electron chi connectivity index (χ3n) is 5.15. The van der Waals surface area contributed by atoms with Gasteiger partial charge in [-0.2, -0.15) is 0 Å². The van der Waals surface area contributed by atoms with Gasteiger partial charge in [-0.15, -0.1) is 0 Å². The summed E-state index contributed by atoms with van der Waals surface area (Å²) in [6.45, 7) is 4.22. The van der Waals surface area contributed by atoms with E-state index in [0.29, 0.717) is 23.2 Å². The predicted octanol–water partition coefficient (Wildman–Crippen LogP) is 4.94. The number of benzene rings is 1.